The highest BCUT2D eigenvalue weighted by molar-refractivity contribution is 7.99. The van der Waals surface area contributed by atoms with Gasteiger partial charge >= 0.3 is 0 Å². The molecule has 1 nitrogen and oxygen atoms in total. The zero-order chi connectivity index (χ0) is 14.3. The van der Waals surface area contributed by atoms with Gasteiger partial charge in [0.1, 0.15) is 0 Å². The molecule has 0 bridgehead atoms. The second-order valence-corrected chi connectivity index (χ2v) is 7.34. The monoisotopic (exact) mass is 283 g/mol. The average Bonchev–Trinajstić information content (AvgIpc) is 2.34. The Morgan fingerprint density at radius 1 is 1.47 bits per heavy atom. The average molecular weight is 284 g/mol. The van der Waals surface area contributed by atoms with Crippen molar-refractivity contribution in [2.75, 3.05) is 12.8 Å². The molecular formula is C17H33NS. The molecule has 0 aromatic rings. The van der Waals surface area contributed by atoms with Crippen LogP contribution in [0.3, 0.4) is 0 Å². The van der Waals surface area contributed by atoms with Gasteiger partial charge in [-0.3, -0.25) is 0 Å². The summed E-state index contributed by atoms with van der Waals surface area (Å²) >= 11 is 2.07. The van der Waals surface area contributed by atoms with Gasteiger partial charge in [0.25, 0.3) is 0 Å². The van der Waals surface area contributed by atoms with Crippen LogP contribution in [0.1, 0.15) is 59.8 Å². The van der Waals surface area contributed by atoms with Crippen LogP contribution in [0.2, 0.25) is 0 Å². The van der Waals surface area contributed by atoms with E-state index in [4.69, 9.17) is 0 Å². The third-order valence-corrected chi connectivity index (χ3v) is 5.71. The van der Waals surface area contributed by atoms with E-state index in [-0.39, 0.29) is 0 Å². The molecule has 0 spiro atoms. The molecule has 2 heteroatoms. The maximum absolute atomic E-state index is 3.66. The number of nitrogens with one attached hydrogen (secondary N) is 1. The molecule has 0 radical (unpaired) electrons. The lowest BCUT2D eigenvalue weighted by Crippen LogP contribution is -2.30. The van der Waals surface area contributed by atoms with E-state index >= 15 is 0 Å². The number of hydrogen-bond donors (Lipinski definition) is 1. The first-order chi connectivity index (χ1) is 9.08. The van der Waals surface area contributed by atoms with Crippen molar-refractivity contribution in [1.29, 1.82) is 0 Å². The van der Waals surface area contributed by atoms with Gasteiger partial charge in [-0.2, -0.15) is 11.8 Å². The molecule has 0 saturated heterocycles. The van der Waals surface area contributed by atoms with E-state index in [1.54, 1.807) is 5.57 Å². The second-order valence-electron chi connectivity index (χ2n) is 6.32. The quantitative estimate of drug-likeness (QED) is 0.503. The summed E-state index contributed by atoms with van der Waals surface area (Å²) in [5.41, 5.74) is 1.61. The third kappa shape index (κ3) is 5.91. The van der Waals surface area contributed by atoms with Crippen LogP contribution in [-0.4, -0.2) is 24.1 Å². The van der Waals surface area contributed by atoms with E-state index < -0.39 is 0 Å². The highest BCUT2D eigenvalue weighted by Gasteiger charge is 2.28. The van der Waals surface area contributed by atoms with Crippen molar-refractivity contribution in [1.82, 2.24) is 5.32 Å². The lowest BCUT2D eigenvalue weighted by Gasteiger charge is -2.34. The molecule has 4 atom stereocenters. The normalized spacial score (nSPS) is 29.1. The Hall–Kier alpha value is 0.0500. The van der Waals surface area contributed by atoms with Gasteiger partial charge in [0, 0.05) is 11.3 Å². The van der Waals surface area contributed by atoms with Gasteiger partial charge in [-0.1, -0.05) is 31.9 Å². The Morgan fingerprint density at radius 2 is 2.21 bits per heavy atom. The van der Waals surface area contributed by atoms with Crippen molar-refractivity contribution in [2.45, 2.75) is 71.1 Å². The predicted octanol–water partition coefficient (Wildman–Crippen LogP) is 4.88. The second kappa shape index (κ2) is 9.07. The Bertz CT molecular complexity index is 274. The summed E-state index contributed by atoms with van der Waals surface area (Å²) in [5, 5.41) is 4.49. The van der Waals surface area contributed by atoms with Gasteiger partial charge in [0.05, 0.1) is 0 Å². The molecule has 0 saturated carbocycles. The number of allylic oxidation sites excluding steroid dienone is 2. The molecule has 1 aliphatic carbocycles. The molecule has 19 heavy (non-hydrogen) atoms. The van der Waals surface area contributed by atoms with Crippen LogP contribution in [0.15, 0.2) is 11.6 Å². The molecular weight excluding hydrogens is 250 g/mol. The summed E-state index contributed by atoms with van der Waals surface area (Å²) in [6.07, 6.45) is 11.4. The minimum absolute atomic E-state index is 0.688. The molecule has 0 fully saturated rings. The zero-order valence-corrected chi connectivity index (χ0v) is 14.4. The fraction of sp³-hybridized carbons (Fsp3) is 0.882. The summed E-state index contributed by atoms with van der Waals surface area (Å²) in [7, 11) is 0. The maximum Gasteiger partial charge on any atom is 0.0136 e. The minimum Gasteiger partial charge on any atom is -0.314 e. The predicted molar refractivity (Wildman–Crippen MR) is 89.9 cm³/mol. The van der Waals surface area contributed by atoms with Gasteiger partial charge in [-0.15, -0.1) is 0 Å². The highest BCUT2D eigenvalue weighted by Crippen LogP contribution is 2.37. The Kier molecular flexibility index (Phi) is 8.17. The Morgan fingerprint density at radius 3 is 2.84 bits per heavy atom. The largest absolute Gasteiger partial charge is 0.314 e. The van der Waals surface area contributed by atoms with Gasteiger partial charge in [-0.25, -0.2) is 0 Å². The van der Waals surface area contributed by atoms with E-state index in [1.807, 2.05) is 0 Å². The first-order valence-electron chi connectivity index (χ1n) is 8.01. The fourth-order valence-electron chi connectivity index (χ4n) is 3.49. The first kappa shape index (κ1) is 17.1. The van der Waals surface area contributed by atoms with Gasteiger partial charge in [0.15, 0.2) is 0 Å². The van der Waals surface area contributed by atoms with E-state index in [2.05, 4.69) is 57.1 Å². The van der Waals surface area contributed by atoms with E-state index in [9.17, 15) is 0 Å². The summed E-state index contributed by atoms with van der Waals surface area (Å²) in [4.78, 5) is 0. The standard InChI is InChI=1S/C17H33NS/c1-6-8-15(4)18-10-7-9-16-12-13(2)11-14(3)17(16)19-5/h11,14-18H,6-10,12H2,1-5H3. The maximum atomic E-state index is 3.66. The van der Waals surface area contributed by atoms with Crippen LogP contribution in [-0.2, 0) is 0 Å². The van der Waals surface area contributed by atoms with Crippen molar-refractivity contribution in [3.05, 3.63) is 11.6 Å². The van der Waals surface area contributed by atoms with Crippen molar-refractivity contribution >= 4 is 11.8 Å². The van der Waals surface area contributed by atoms with Crippen LogP contribution in [0, 0.1) is 11.8 Å². The van der Waals surface area contributed by atoms with Gasteiger partial charge in [0.2, 0.25) is 0 Å². The lowest BCUT2D eigenvalue weighted by molar-refractivity contribution is 0.375. The number of hydrogen-bond acceptors (Lipinski definition) is 2. The van der Waals surface area contributed by atoms with Crippen LogP contribution < -0.4 is 5.32 Å². The van der Waals surface area contributed by atoms with E-state index in [0.717, 1.165) is 17.1 Å². The lowest BCUT2D eigenvalue weighted by atomic mass is 9.81. The van der Waals surface area contributed by atoms with Gasteiger partial charge < -0.3 is 5.32 Å². The smallest absolute Gasteiger partial charge is 0.0136 e. The molecule has 0 aromatic heterocycles. The molecule has 4 unspecified atom stereocenters. The third-order valence-electron chi connectivity index (χ3n) is 4.35. The number of rotatable bonds is 8. The van der Waals surface area contributed by atoms with Crippen LogP contribution in [0.5, 0.6) is 0 Å². The summed E-state index contributed by atoms with van der Waals surface area (Å²) in [5.74, 6) is 1.64. The van der Waals surface area contributed by atoms with Crippen molar-refractivity contribution in [2.24, 2.45) is 11.8 Å². The molecule has 0 aliphatic heterocycles. The molecule has 1 N–H and O–H groups in total. The summed E-state index contributed by atoms with van der Waals surface area (Å²) in [6, 6.07) is 0.688. The summed E-state index contributed by atoms with van der Waals surface area (Å²) in [6.45, 7) is 10.5. The molecule has 0 heterocycles. The number of thioether (sulfide) groups is 1. The van der Waals surface area contributed by atoms with Crippen LogP contribution >= 0.6 is 11.8 Å². The molecule has 1 aliphatic rings. The molecule has 0 amide bonds. The van der Waals surface area contributed by atoms with E-state index in [1.165, 1.54) is 38.6 Å². The molecule has 112 valence electrons. The highest BCUT2D eigenvalue weighted by atomic mass is 32.2. The van der Waals surface area contributed by atoms with Crippen molar-refractivity contribution in [3.63, 3.8) is 0 Å². The minimum atomic E-state index is 0.688. The Labute approximate surface area is 125 Å². The SMILES string of the molecule is CCCC(C)NCCCC1CC(C)=CC(C)C1SC. The summed E-state index contributed by atoms with van der Waals surface area (Å²) < 4.78 is 0. The Balaban J connectivity index is 2.29. The van der Waals surface area contributed by atoms with E-state index in [0.29, 0.717) is 6.04 Å². The fourth-order valence-corrected chi connectivity index (χ4v) is 4.62. The topological polar surface area (TPSA) is 12.0 Å². The first-order valence-corrected chi connectivity index (χ1v) is 9.30. The van der Waals surface area contributed by atoms with Crippen LogP contribution in [0.25, 0.3) is 0 Å². The van der Waals surface area contributed by atoms with Crippen LogP contribution in [0.4, 0.5) is 0 Å². The van der Waals surface area contributed by atoms with Gasteiger partial charge in [-0.05, 0) is 64.2 Å². The zero-order valence-electron chi connectivity index (χ0n) is 13.5. The molecule has 1 rings (SSSR count). The van der Waals surface area contributed by atoms with Crippen molar-refractivity contribution in [3.8, 4) is 0 Å². The molecule has 0 aromatic carbocycles. The van der Waals surface area contributed by atoms with Crippen molar-refractivity contribution < 1.29 is 0 Å².